The van der Waals surface area contributed by atoms with Crippen LogP contribution >= 0.6 is 12.4 Å². The predicted molar refractivity (Wildman–Crippen MR) is 105 cm³/mol. The Kier molecular flexibility index (Phi) is 5.73. The Balaban J connectivity index is 0.00000240. The van der Waals surface area contributed by atoms with Gasteiger partial charge in [0.05, 0.1) is 18.3 Å². The van der Waals surface area contributed by atoms with E-state index in [0.29, 0.717) is 18.1 Å². The van der Waals surface area contributed by atoms with Crippen molar-refractivity contribution >= 4 is 35.8 Å². The van der Waals surface area contributed by atoms with Gasteiger partial charge in [0.2, 0.25) is 17.4 Å². The smallest absolute Gasteiger partial charge is 0.270 e. The van der Waals surface area contributed by atoms with Crippen molar-refractivity contribution in [3.63, 3.8) is 0 Å². The van der Waals surface area contributed by atoms with Gasteiger partial charge < -0.3 is 26.0 Å². The van der Waals surface area contributed by atoms with Crippen molar-refractivity contribution in [1.82, 2.24) is 10.2 Å². The molecule has 4 rings (SSSR count). The molecular weight excluding hydrogens is 403 g/mol. The highest BCUT2D eigenvalue weighted by atomic mass is 35.5. The van der Waals surface area contributed by atoms with Gasteiger partial charge in [-0.05, 0) is 31.5 Å². The lowest BCUT2D eigenvalue weighted by atomic mass is 9.96. The third-order valence-electron chi connectivity index (χ3n) is 5.76. The summed E-state index contributed by atoms with van der Waals surface area (Å²) < 4.78 is 19.3. The average Bonchev–Trinajstić information content (AvgIpc) is 3.39. The van der Waals surface area contributed by atoms with Crippen LogP contribution in [0.3, 0.4) is 0 Å². The standard InChI is InChI=1S/C19H23FN4O4.ClH/c1-22-13(6-10-2-3-10)17(26)24-9-19(8-14(24)16(21)25)18(27)23-12-7-11(20)4-5-15(12)28-19;/h4-5,7,10,13-14,22H,2-3,6,8-9H2,1H3,(H2,21,25)(H,23,27);1H/t13-,14-,19+;/m0./s1. The minimum Gasteiger partial charge on any atom is -0.473 e. The van der Waals surface area contributed by atoms with Gasteiger partial charge in [-0.1, -0.05) is 12.8 Å². The molecule has 29 heavy (non-hydrogen) atoms. The van der Waals surface area contributed by atoms with Crippen LogP contribution in [0, 0.1) is 11.7 Å². The molecule has 2 aliphatic heterocycles. The van der Waals surface area contributed by atoms with Gasteiger partial charge in [-0.3, -0.25) is 14.4 Å². The third kappa shape index (κ3) is 3.89. The number of likely N-dealkylation sites (N-methyl/N-ethyl adjacent to an activating group) is 1. The highest BCUT2D eigenvalue weighted by molar-refractivity contribution is 6.03. The lowest BCUT2D eigenvalue weighted by molar-refractivity contribution is -0.140. The molecule has 1 aromatic rings. The Bertz CT molecular complexity index is 849. The van der Waals surface area contributed by atoms with Crippen LogP contribution in [0.4, 0.5) is 10.1 Å². The molecule has 3 atom stereocenters. The van der Waals surface area contributed by atoms with Crippen LogP contribution in [0.15, 0.2) is 18.2 Å². The monoisotopic (exact) mass is 426 g/mol. The van der Waals surface area contributed by atoms with Gasteiger partial charge in [0.1, 0.15) is 17.6 Å². The Morgan fingerprint density at radius 2 is 2.17 bits per heavy atom. The molecule has 1 saturated carbocycles. The first-order chi connectivity index (χ1) is 13.3. The molecule has 158 valence electrons. The number of fused-ring (bicyclic) bond motifs is 1. The lowest BCUT2D eigenvalue weighted by Crippen LogP contribution is -2.54. The summed E-state index contributed by atoms with van der Waals surface area (Å²) in [7, 11) is 1.70. The number of amides is 3. The van der Waals surface area contributed by atoms with E-state index in [-0.39, 0.29) is 37.0 Å². The number of nitrogens with two attached hydrogens (primary N) is 1. The number of anilines is 1. The third-order valence-corrected chi connectivity index (χ3v) is 5.76. The molecule has 1 aromatic carbocycles. The van der Waals surface area contributed by atoms with Crippen LogP contribution < -0.4 is 21.1 Å². The Morgan fingerprint density at radius 3 is 2.79 bits per heavy atom. The van der Waals surface area contributed by atoms with Crippen molar-refractivity contribution in [2.45, 2.75) is 43.4 Å². The van der Waals surface area contributed by atoms with Crippen molar-refractivity contribution < 1.29 is 23.5 Å². The molecule has 1 aliphatic carbocycles. The van der Waals surface area contributed by atoms with E-state index in [0.717, 1.165) is 18.9 Å². The molecule has 2 fully saturated rings. The van der Waals surface area contributed by atoms with E-state index >= 15 is 0 Å². The van der Waals surface area contributed by atoms with Crippen molar-refractivity contribution in [2.75, 3.05) is 18.9 Å². The predicted octanol–water partition coefficient (Wildman–Crippen LogP) is 0.792. The number of carbonyl (C=O) groups is 3. The summed E-state index contributed by atoms with van der Waals surface area (Å²) in [5, 5.41) is 5.64. The maximum absolute atomic E-state index is 13.4. The lowest BCUT2D eigenvalue weighted by Gasteiger charge is -2.34. The molecule has 1 saturated heterocycles. The van der Waals surface area contributed by atoms with Crippen LogP contribution in [0.5, 0.6) is 5.75 Å². The summed E-state index contributed by atoms with van der Waals surface area (Å²) >= 11 is 0. The molecule has 0 aromatic heterocycles. The number of hydrogen-bond donors (Lipinski definition) is 3. The van der Waals surface area contributed by atoms with E-state index in [4.69, 9.17) is 10.5 Å². The van der Waals surface area contributed by atoms with E-state index in [1.54, 1.807) is 7.05 Å². The van der Waals surface area contributed by atoms with Gasteiger partial charge in [-0.15, -0.1) is 12.4 Å². The number of rotatable bonds is 5. The van der Waals surface area contributed by atoms with Crippen LogP contribution in [0.2, 0.25) is 0 Å². The first-order valence-electron chi connectivity index (χ1n) is 9.40. The number of likely N-dealkylation sites (tertiary alicyclic amines) is 1. The van der Waals surface area contributed by atoms with Crippen molar-refractivity contribution in [2.24, 2.45) is 11.7 Å². The highest BCUT2D eigenvalue weighted by Gasteiger charge is 2.57. The SMILES string of the molecule is CN[C@@H](CC1CC1)C(=O)N1C[C@@]2(C[C@H]1C(N)=O)Oc1ccc(F)cc1NC2=O.Cl. The summed E-state index contributed by atoms with van der Waals surface area (Å²) in [6.07, 6.45) is 2.82. The topological polar surface area (TPSA) is 114 Å². The Morgan fingerprint density at radius 1 is 1.45 bits per heavy atom. The zero-order chi connectivity index (χ0) is 20.1. The molecule has 4 N–H and O–H groups in total. The van der Waals surface area contributed by atoms with Crippen LogP contribution in [-0.4, -0.2) is 53.9 Å². The summed E-state index contributed by atoms with van der Waals surface area (Å²) in [5.41, 5.74) is 4.33. The van der Waals surface area contributed by atoms with E-state index in [9.17, 15) is 18.8 Å². The molecule has 0 radical (unpaired) electrons. The zero-order valence-electron chi connectivity index (χ0n) is 15.9. The highest BCUT2D eigenvalue weighted by Crippen LogP contribution is 2.41. The maximum atomic E-state index is 13.4. The second kappa shape index (κ2) is 7.79. The van der Waals surface area contributed by atoms with E-state index < -0.39 is 35.3 Å². The number of hydrogen-bond acceptors (Lipinski definition) is 5. The van der Waals surface area contributed by atoms with Crippen molar-refractivity contribution in [3.05, 3.63) is 24.0 Å². The number of ether oxygens (including phenoxy) is 1. The van der Waals surface area contributed by atoms with E-state index in [2.05, 4.69) is 10.6 Å². The summed E-state index contributed by atoms with van der Waals surface area (Å²) in [6, 6.07) is 2.41. The van der Waals surface area contributed by atoms with Crippen molar-refractivity contribution in [3.8, 4) is 5.75 Å². The molecule has 0 unspecified atom stereocenters. The van der Waals surface area contributed by atoms with Crippen molar-refractivity contribution in [1.29, 1.82) is 0 Å². The minimum atomic E-state index is -1.43. The molecular formula is C19H24ClFN4O4. The number of benzene rings is 1. The van der Waals surface area contributed by atoms with Crippen LogP contribution in [0.25, 0.3) is 0 Å². The molecule has 2 heterocycles. The molecule has 8 nitrogen and oxygen atoms in total. The normalized spacial score (nSPS) is 26.2. The quantitative estimate of drug-likeness (QED) is 0.644. The number of primary amides is 1. The molecule has 3 aliphatic rings. The fourth-order valence-corrected chi connectivity index (χ4v) is 4.01. The van der Waals surface area contributed by atoms with Gasteiger partial charge >= 0.3 is 0 Å². The largest absolute Gasteiger partial charge is 0.473 e. The number of carbonyl (C=O) groups excluding carboxylic acids is 3. The van der Waals surface area contributed by atoms with Crippen LogP contribution in [-0.2, 0) is 14.4 Å². The summed E-state index contributed by atoms with van der Waals surface area (Å²) in [4.78, 5) is 39.3. The maximum Gasteiger partial charge on any atom is 0.270 e. The summed E-state index contributed by atoms with van der Waals surface area (Å²) in [5.74, 6) is -1.18. The molecule has 3 amide bonds. The Hall–Kier alpha value is -2.39. The first-order valence-corrected chi connectivity index (χ1v) is 9.40. The second-order valence-corrected chi connectivity index (χ2v) is 7.80. The van der Waals surface area contributed by atoms with Gasteiger partial charge in [0.25, 0.3) is 5.91 Å². The number of halogens is 2. The molecule has 1 spiro atoms. The number of nitrogens with zero attached hydrogens (tertiary/aromatic N) is 1. The van der Waals surface area contributed by atoms with Crippen LogP contribution in [0.1, 0.15) is 25.7 Å². The fourth-order valence-electron chi connectivity index (χ4n) is 4.01. The zero-order valence-corrected chi connectivity index (χ0v) is 16.8. The van der Waals surface area contributed by atoms with E-state index in [1.165, 1.54) is 17.0 Å². The van der Waals surface area contributed by atoms with Gasteiger partial charge in [-0.2, -0.15) is 0 Å². The molecule has 0 bridgehead atoms. The van der Waals surface area contributed by atoms with Gasteiger partial charge in [0, 0.05) is 12.5 Å². The average molecular weight is 427 g/mol. The second-order valence-electron chi connectivity index (χ2n) is 7.80. The van der Waals surface area contributed by atoms with Gasteiger partial charge in [-0.25, -0.2) is 4.39 Å². The van der Waals surface area contributed by atoms with Gasteiger partial charge in [0.15, 0.2) is 0 Å². The number of nitrogens with one attached hydrogen (secondary N) is 2. The van der Waals surface area contributed by atoms with E-state index in [1.807, 2.05) is 0 Å². The Labute approximate surface area is 173 Å². The first kappa shape index (κ1) is 21.3. The fraction of sp³-hybridized carbons (Fsp3) is 0.526. The summed E-state index contributed by atoms with van der Waals surface area (Å²) in [6.45, 7) is -0.0923. The minimum absolute atomic E-state index is 0. The molecule has 10 heteroatoms.